The number of carbonyl (C=O) groups excluding carboxylic acids is 2. The highest BCUT2D eigenvalue weighted by Gasteiger charge is 2.47. The number of H-pyrrole nitrogens is 1. The summed E-state index contributed by atoms with van der Waals surface area (Å²) < 4.78 is 19.9. The number of Topliss-reactive ketones (excluding diaryl/α,β-unsaturated/α-hetero) is 1. The van der Waals surface area contributed by atoms with Gasteiger partial charge in [0, 0.05) is 33.9 Å². The quantitative estimate of drug-likeness (QED) is 0.199. The number of rotatable bonds is 6. The van der Waals surface area contributed by atoms with Gasteiger partial charge >= 0.3 is 0 Å². The van der Waals surface area contributed by atoms with Gasteiger partial charge in [0.05, 0.1) is 18.2 Å². The molecule has 0 bridgehead atoms. The van der Waals surface area contributed by atoms with E-state index in [9.17, 15) is 19.1 Å². The summed E-state index contributed by atoms with van der Waals surface area (Å²) in [5.41, 5.74) is 2.77. The SMILES string of the molecule is CCCOc1ccc(/C(O)=C2\C(=O)C(=O)N(c3cccc(F)c3)C2c2c[nH]c3ccccc23)cc1C. The molecule has 36 heavy (non-hydrogen) atoms. The standard InChI is InChI=1S/C29H25FN2O4/c1-3-13-36-24-12-11-18(14-17(24)2)27(33)25-26(22-16-31-23-10-5-4-9-21(22)23)32(29(35)28(25)34)20-8-6-7-19(30)15-20/h4-12,14-16,26,31,33H,3,13H2,1-2H3/b27-25+. The number of benzene rings is 3. The zero-order valence-corrected chi connectivity index (χ0v) is 19.9. The van der Waals surface area contributed by atoms with Gasteiger partial charge in [0.25, 0.3) is 11.7 Å². The number of anilines is 1. The average Bonchev–Trinajstić information content (AvgIpc) is 3.41. The number of ketones is 1. The lowest BCUT2D eigenvalue weighted by Crippen LogP contribution is -2.29. The molecule has 1 atom stereocenters. The van der Waals surface area contributed by atoms with E-state index in [2.05, 4.69) is 4.98 Å². The van der Waals surface area contributed by atoms with E-state index in [-0.39, 0.29) is 17.0 Å². The first-order valence-corrected chi connectivity index (χ1v) is 11.8. The Hall–Kier alpha value is -4.39. The molecule has 6 nitrogen and oxygen atoms in total. The summed E-state index contributed by atoms with van der Waals surface area (Å²) >= 11 is 0. The average molecular weight is 485 g/mol. The van der Waals surface area contributed by atoms with Gasteiger partial charge < -0.3 is 14.8 Å². The molecule has 1 amide bonds. The molecule has 1 fully saturated rings. The number of nitrogens with one attached hydrogen (secondary N) is 1. The Morgan fingerprint density at radius 1 is 1.08 bits per heavy atom. The van der Waals surface area contributed by atoms with Crippen LogP contribution in [0.2, 0.25) is 0 Å². The fourth-order valence-electron chi connectivity index (χ4n) is 4.67. The van der Waals surface area contributed by atoms with Gasteiger partial charge in [0.1, 0.15) is 17.3 Å². The molecule has 1 aliphatic heterocycles. The van der Waals surface area contributed by atoms with Gasteiger partial charge in [-0.25, -0.2) is 4.39 Å². The molecule has 7 heteroatoms. The number of fused-ring (bicyclic) bond motifs is 1. The molecule has 1 unspecified atom stereocenters. The van der Waals surface area contributed by atoms with Crippen LogP contribution in [0.4, 0.5) is 10.1 Å². The number of para-hydroxylation sites is 1. The summed E-state index contributed by atoms with van der Waals surface area (Å²) in [5.74, 6) is -1.83. The predicted molar refractivity (Wildman–Crippen MR) is 136 cm³/mol. The molecule has 0 aliphatic carbocycles. The number of aromatic nitrogens is 1. The van der Waals surface area contributed by atoms with Gasteiger partial charge in [-0.1, -0.05) is 31.2 Å². The lowest BCUT2D eigenvalue weighted by atomic mass is 9.94. The number of amides is 1. The molecule has 5 rings (SSSR count). The maximum atomic E-state index is 14.2. The molecule has 0 saturated carbocycles. The Morgan fingerprint density at radius 2 is 1.89 bits per heavy atom. The second kappa shape index (κ2) is 9.34. The zero-order chi connectivity index (χ0) is 25.4. The van der Waals surface area contributed by atoms with E-state index < -0.39 is 23.5 Å². The second-order valence-electron chi connectivity index (χ2n) is 8.77. The fraction of sp³-hybridized carbons (Fsp3) is 0.172. The summed E-state index contributed by atoms with van der Waals surface area (Å²) in [6.07, 6.45) is 2.57. The monoisotopic (exact) mass is 484 g/mol. The van der Waals surface area contributed by atoms with Crippen LogP contribution in [-0.2, 0) is 9.59 Å². The zero-order valence-electron chi connectivity index (χ0n) is 19.9. The van der Waals surface area contributed by atoms with E-state index in [0.717, 1.165) is 22.9 Å². The Balaban J connectivity index is 1.71. The minimum atomic E-state index is -0.959. The van der Waals surface area contributed by atoms with E-state index >= 15 is 0 Å². The van der Waals surface area contributed by atoms with Crippen LogP contribution in [0.5, 0.6) is 5.75 Å². The normalized spacial score (nSPS) is 17.2. The third-order valence-electron chi connectivity index (χ3n) is 6.36. The van der Waals surface area contributed by atoms with E-state index in [0.29, 0.717) is 23.5 Å². The number of aliphatic hydroxyl groups excluding tert-OH is 1. The number of aliphatic hydroxyl groups is 1. The van der Waals surface area contributed by atoms with Crippen LogP contribution in [0, 0.1) is 12.7 Å². The van der Waals surface area contributed by atoms with Crippen molar-refractivity contribution in [1.29, 1.82) is 0 Å². The van der Waals surface area contributed by atoms with Crippen molar-refractivity contribution >= 4 is 34.0 Å². The van der Waals surface area contributed by atoms with Crippen molar-refractivity contribution in [2.45, 2.75) is 26.3 Å². The van der Waals surface area contributed by atoms with Crippen LogP contribution in [-0.4, -0.2) is 28.4 Å². The lowest BCUT2D eigenvalue weighted by molar-refractivity contribution is -0.132. The van der Waals surface area contributed by atoms with Crippen molar-refractivity contribution < 1.29 is 23.8 Å². The minimum absolute atomic E-state index is 0.0596. The van der Waals surface area contributed by atoms with Gasteiger partial charge in [-0.3, -0.25) is 14.5 Å². The summed E-state index contributed by atoms with van der Waals surface area (Å²) in [7, 11) is 0. The number of nitrogens with zero attached hydrogens (tertiary/aromatic N) is 1. The molecule has 1 aromatic heterocycles. The molecular formula is C29H25FN2O4. The minimum Gasteiger partial charge on any atom is -0.507 e. The summed E-state index contributed by atoms with van der Waals surface area (Å²) in [6.45, 7) is 4.42. The highest BCUT2D eigenvalue weighted by atomic mass is 19.1. The van der Waals surface area contributed by atoms with Crippen LogP contribution in [0.25, 0.3) is 16.7 Å². The molecule has 2 N–H and O–H groups in total. The number of ether oxygens (including phenoxy) is 1. The Labute approximate surface area is 207 Å². The van der Waals surface area contributed by atoms with Crippen LogP contribution < -0.4 is 9.64 Å². The molecule has 3 aromatic carbocycles. The van der Waals surface area contributed by atoms with E-state index in [4.69, 9.17) is 4.74 Å². The Morgan fingerprint density at radius 3 is 2.64 bits per heavy atom. The van der Waals surface area contributed by atoms with Crippen molar-refractivity contribution in [2.24, 2.45) is 0 Å². The van der Waals surface area contributed by atoms with Crippen molar-refractivity contribution in [3.8, 4) is 5.75 Å². The highest BCUT2D eigenvalue weighted by molar-refractivity contribution is 6.51. The topological polar surface area (TPSA) is 82.6 Å². The van der Waals surface area contributed by atoms with Crippen LogP contribution >= 0.6 is 0 Å². The van der Waals surface area contributed by atoms with Crippen molar-refractivity contribution in [3.63, 3.8) is 0 Å². The van der Waals surface area contributed by atoms with E-state index in [1.54, 1.807) is 30.5 Å². The van der Waals surface area contributed by atoms with Crippen molar-refractivity contribution in [1.82, 2.24) is 4.98 Å². The number of halogens is 1. The molecule has 4 aromatic rings. The number of aromatic amines is 1. The first-order chi connectivity index (χ1) is 17.4. The van der Waals surface area contributed by atoms with Crippen molar-refractivity contribution in [3.05, 3.63) is 101 Å². The molecule has 1 aliphatic rings. The molecule has 2 heterocycles. The van der Waals surface area contributed by atoms with Crippen molar-refractivity contribution in [2.75, 3.05) is 11.5 Å². The largest absolute Gasteiger partial charge is 0.507 e. The third kappa shape index (κ3) is 3.92. The van der Waals surface area contributed by atoms with Gasteiger partial charge in [-0.15, -0.1) is 0 Å². The second-order valence-corrected chi connectivity index (χ2v) is 8.77. The maximum absolute atomic E-state index is 14.2. The van der Waals surface area contributed by atoms with Crippen LogP contribution in [0.15, 0.2) is 78.5 Å². The maximum Gasteiger partial charge on any atom is 0.300 e. The van der Waals surface area contributed by atoms with Gasteiger partial charge in [-0.05, 0) is 61.4 Å². The highest BCUT2D eigenvalue weighted by Crippen LogP contribution is 2.44. The lowest BCUT2D eigenvalue weighted by Gasteiger charge is -2.25. The third-order valence-corrected chi connectivity index (χ3v) is 6.36. The van der Waals surface area contributed by atoms with Gasteiger partial charge in [0.2, 0.25) is 0 Å². The number of hydrogen-bond acceptors (Lipinski definition) is 4. The van der Waals surface area contributed by atoms with E-state index in [1.165, 1.54) is 23.1 Å². The molecule has 182 valence electrons. The Bertz CT molecular complexity index is 1520. The summed E-state index contributed by atoms with van der Waals surface area (Å²) in [4.78, 5) is 31.1. The number of aryl methyl sites for hydroxylation is 1. The van der Waals surface area contributed by atoms with E-state index in [1.807, 2.05) is 38.1 Å². The fourth-order valence-corrected chi connectivity index (χ4v) is 4.67. The molecule has 0 radical (unpaired) electrons. The molecule has 0 spiro atoms. The van der Waals surface area contributed by atoms with Crippen LogP contribution in [0.1, 0.15) is 36.1 Å². The summed E-state index contributed by atoms with van der Waals surface area (Å²) in [6, 6.07) is 17.2. The summed E-state index contributed by atoms with van der Waals surface area (Å²) in [5, 5.41) is 12.2. The first kappa shape index (κ1) is 23.4. The smallest absolute Gasteiger partial charge is 0.300 e. The predicted octanol–water partition coefficient (Wildman–Crippen LogP) is 6.03. The molecule has 1 saturated heterocycles. The first-order valence-electron chi connectivity index (χ1n) is 11.8. The number of hydrogen-bond donors (Lipinski definition) is 2. The molecular weight excluding hydrogens is 459 g/mol. The van der Waals surface area contributed by atoms with Gasteiger partial charge in [0.15, 0.2) is 0 Å². The Kier molecular flexibility index (Phi) is 6.06. The van der Waals surface area contributed by atoms with Crippen LogP contribution in [0.3, 0.4) is 0 Å². The van der Waals surface area contributed by atoms with Gasteiger partial charge in [-0.2, -0.15) is 0 Å². The number of carbonyl (C=O) groups is 2.